The second-order valence-corrected chi connectivity index (χ2v) is 6.86. The summed E-state index contributed by atoms with van der Waals surface area (Å²) in [7, 11) is 0. The number of hydrogen-bond donors (Lipinski definition) is 1. The maximum absolute atomic E-state index is 11.1. The molecule has 0 spiro atoms. The van der Waals surface area contributed by atoms with Crippen molar-refractivity contribution in [3.05, 3.63) is 77.9 Å². The number of thioether (sulfide) groups is 1. The molecule has 0 atom stereocenters. The maximum Gasteiger partial charge on any atom is 0.216 e. The Balaban J connectivity index is 1.76. The fourth-order valence-corrected chi connectivity index (χ4v) is 3.63. The second kappa shape index (κ2) is 8.02. The third-order valence-corrected chi connectivity index (χ3v) is 5.03. The van der Waals surface area contributed by atoms with E-state index in [1.165, 1.54) is 26.8 Å². The molecule has 3 aromatic carbocycles. The average molecular weight is 335 g/mol. The molecule has 0 aliphatic rings. The maximum atomic E-state index is 11.1. The van der Waals surface area contributed by atoms with Crippen molar-refractivity contribution in [2.75, 3.05) is 6.54 Å². The van der Waals surface area contributed by atoms with Crippen LogP contribution in [0.25, 0.3) is 10.8 Å². The highest BCUT2D eigenvalue weighted by molar-refractivity contribution is 7.98. The van der Waals surface area contributed by atoms with E-state index in [1.807, 2.05) is 17.8 Å². The molecule has 3 heteroatoms. The van der Waals surface area contributed by atoms with Crippen LogP contribution in [0.2, 0.25) is 0 Å². The van der Waals surface area contributed by atoms with Gasteiger partial charge in [-0.3, -0.25) is 4.79 Å². The molecular formula is C21H21NOS. The minimum Gasteiger partial charge on any atom is -0.356 e. The van der Waals surface area contributed by atoms with Gasteiger partial charge >= 0.3 is 0 Å². The molecule has 0 aliphatic heterocycles. The smallest absolute Gasteiger partial charge is 0.216 e. The van der Waals surface area contributed by atoms with E-state index in [-0.39, 0.29) is 5.91 Å². The summed E-state index contributed by atoms with van der Waals surface area (Å²) in [6, 6.07) is 23.5. The summed E-state index contributed by atoms with van der Waals surface area (Å²) in [5.74, 6) is 0.995. The van der Waals surface area contributed by atoms with Gasteiger partial charge in [-0.1, -0.05) is 54.6 Å². The molecule has 2 nitrogen and oxygen atoms in total. The molecule has 24 heavy (non-hydrogen) atoms. The van der Waals surface area contributed by atoms with Crippen molar-refractivity contribution in [2.24, 2.45) is 0 Å². The summed E-state index contributed by atoms with van der Waals surface area (Å²) in [6.07, 6.45) is 0.851. The van der Waals surface area contributed by atoms with Crippen molar-refractivity contribution in [3.8, 4) is 0 Å². The van der Waals surface area contributed by atoms with Gasteiger partial charge in [0, 0.05) is 24.1 Å². The first-order valence-corrected chi connectivity index (χ1v) is 9.14. The van der Waals surface area contributed by atoms with E-state index in [1.54, 1.807) is 6.92 Å². The highest BCUT2D eigenvalue weighted by Crippen LogP contribution is 2.28. The Bertz CT molecular complexity index is 830. The van der Waals surface area contributed by atoms with E-state index < -0.39 is 0 Å². The highest BCUT2D eigenvalue weighted by Gasteiger charge is 2.04. The topological polar surface area (TPSA) is 29.1 Å². The molecule has 0 aliphatic carbocycles. The molecule has 3 aromatic rings. The van der Waals surface area contributed by atoms with E-state index in [0.29, 0.717) is 6.54 Å². The van der Waals surface area contributed by atoms with Crippen LogP contribution < -0.4 is 5.32 Å². The second-order valence-electron chi connectivity index (χ2n) is 5.81. The van der Waals surface area contributed by atoms with Gasteiger partial charge in [-0.25, -0.2) is 0 Å². The average Bonchev–Trinajstić information content (AvgIpc) is 2.61. The van der Waals surface area contributed by atoms with Gasteiger partial charge in [0.1, 0.15) is 0 Å². The monoisotopic (exact) mass is 335 g/mol. The fourth-order valence-electron chi connectivity index (χ4n) is 2.74. The number of fused-ring (bicyclic) bond motifs is 1. The molecule has 3 rings (SSSR count). The van der Waals surface area contributed by atoms with Crippen LogP contribution in [-0.2, 0) is 17.0 Å². The Morgan fingerprint density at radius 3 is 2.62 bits per heavy atom. The lowest BCUT2D eigenvalue weighted by molar-refractivity contribution is -0.118. The third kappa shape index (κ3) is 4.39. The van der Waals surface area contributed by atoms with Crippen molar-refractivity contribution in [3.63, 3.8) is 0 Å². The standard InChI is InChI=1S/C21H21NOS/c1-16(23)22-13-12-19-9-5-8-18-10-11-20(14-21(18)19)24-15-17-6-3-2-4-7-17/h2-11,14H,12-13,15H2,1H3,(H,22,23). The molecule has 0 radical (unpaired) electrons. The number of hydrogen-bond acceptors (Lipinski definition) is 2. The van der Waals surface area contributed by atoms with E-state index in [4.69, 9.17) is 0 Å². The predicted octanol–water partition coefficient (Wildman–Crippen LogP) is 4.81. The first kappa shape index (κ1) is 16.6. The lowest BCUT2D eigenvalue weighted by Crippen LogP contribution is -2.22. The van der Waals surface area contributed by atoms with Crippen molar-refractivity contribution in [1.82, 2.24) is 5.32 Å². The summed E-state index contributed by atoms with van der Waals surface area (Å²) < 4.78 is 0. The van der Waals surface area contributed by atoms with Crippen LogP contribution in [0.3, 0.4) is 0 Å². The van der Waals surface area contributed by atoms with Crippen LogP contribution >= 0.6 is 11.8 Å². The van der Waals surface area contributed by atoms with Crippen molar-refractivity contribution in [2.45, 2.75) is 24.0 Å². The zero-order chi connectivity index (χ0) is 16.8. The van der Waals surface area contributed by atoms with Gasteiger partial charge in [0.15, 0.2) is 0 Å². The van der Waals surface area contributed by atoms with E-state index in [9.17, 15) is 4.79 Å². The van der Waals surface area contributed by atoms with Crippen LogP contribution in [0.1, 0.15) is 18.1 Å². The SMILES string of the molecule is CC(=O)NCCc1cccc2ccc(SCc3ccccc3)cc12. The summed E-state index contributed by atoms with van der Waals surface area (Å²) in [5.41, 5.74) is 2.62. The van der Waals surface area contributed by atoms with Gasteiger partial charge in [-0.15, -0.1) is 11.8 Å². The summed E-state index contributed by atoms with van der Waals surface area (Å²) in [6.45, 7) is 2.23. The molecule has 122 valence electrons. The lowest BCUT2D eigenvalue weighted by atomic mass is 10.0. The van der Waals surface area contributed by atoms with Crippen molar-refractivity contribution >= 4 is 28.4 Å². The zero-order valence-electron chi connectivity index (χ0n) is 13.8. The van der Waals surface area contributed by atoms with Crippen molar-refractivity contribution < 1.29 is 4.79 Å². The molecule has 0 saturated heterocycles. The first-order valence-electron chi connectivity index (χ1n) is 8.15. The Hall–Kier alpha value is -2.26. The van der Waals surface area contributed by atoms with Gasteiger partial charge in [-0.05, 0) is 40.5 Å². The van der Waals surface area contributed by atoms with E-state index in [2.05, 4.69) is 66.0 Å². The van der Waals surface area contributed by atoms with Crippen LogP contribution in [-0.4, -0.2) is 12.5 Å². The van der Waals surface area contributed by atoms with Gasteiger partial charge < -0.3 is 5.32 Å². The van der Waals surface area contributed by atoms with Crippen LogP contribution in [0.15, 0.2) is 71.6 Å². The van der Waals surface area contributed by atoms with Crippen molar-refractivity contribution in [1.29, 1.82) is 0 Å². The number of amides is 1. The summed E-state index contributed by atoms with van der Waals surface area (Å²) >= 11 is 1.86. The number of rotatable bonds is 6. The Labute approximate surface area is 147 Å². The number of carbonyl (C=O) groups is 1. The number of carbonyl (C=O) groups excluding carboxylic acids is 1. The molecule has 0 fully saturated rings. The third-order valence-electron chi connectivity index (χ3n) is 3.96. The molecule has 0 aromatic heterocycles. The summed E-state index contributed by atoms with van der Waals surface area (Å²) in [4.78, 5) is 12.3. The van der Waals surface area contributed by atoms with Gasteiger partial charge in [0.25, 0.3) is 0 Å². The lowest BCUT2D eigenvalue weighted by Gasteiger charge is -2.09. The Morgan fingerprint density at radius 1 is 1.00 bits per heavy atom. The number of benzene rings is 3. The molecule has 1 N–H and O–H groups in total. The Kier molecular flexibility index (Phi) is 5.55. The van der Waals surface area contributed by atoms with E-state index >= 15 is 0 Å². The highest BCUT2D eigenvalue weighted by atomic mass is 32.2. The molecule has 0 saturated carbocycles. The molecule has 0 bridgehead atoms. The molecule has 1 amide bonds. The van der Waals surface area contributed by atoms with Crippen LogP contribution in [0, 0.1) is 0 Å². The minimum atomic E-state index is 0.0225. The van der Waals surface area contributed by atoms with Gasteiger partial charge in [0.05, 0.1) is 0 Å². The predicted molar refractivity (Wildman–Crippen MR) is 102 cm³/mol. The molecule has 0 heterocycles. The van der Waals surface area contributed by atoms with Gasteiger partial charge in [-0.2, -0.15) is 0 Å². The molecular weight excluding hydrogens is 314 g/mol. The minimum absolute atomic E-state index is 0.0225. The summed E-state index contributed by atoms with van der Waals surface area (Å²) in [5, 5.41) is 5.40. The van der Waals surface area contributed by atoms with Gasteiger partial charge in [0.2, 0.25) is 5.91 Å². The normalized spacial score (nSPS) is 10.7. The number of nitrogens with one attached hydrogen (secondary N) is 1. The largest absolute Gasteiger partial charge is 0.356 e. The Morgan fingerprint density at radius 2 is 1.83 bits per heavy atom. The zero-order valence-corrected chi connectivity index (χ0v) is 14.6. The van der Waals surface area contributed by atoms with Crippen LogP contribution in [0.4, 0.5) is 0 Å². The quantitative estimate of drug-likeness (QED) is 0.655. The fraction of sp³-hybridized carbons (Fsp3) is 0.190. The van der Waals surface area contributed by atoms with E-state index in [0.717, 1.165) is 12.2 Å². The van der Waals surface area contributed by atoms with Crippen LogP contribution in [0.5, 0.6) is 0 Å². The first-order chi connectivity index (χ1) is 11.7. The molecule has 0 unspecified atom stereocenters.